The van der Waals surface area contributed by atoms with Gasteiger partial charge in [-0.1, -0.05) is 13.8 Å². The van der Waals surface area contributed by atoms with Crippen LogP contribution >= 0.6 is 0 Å². The minimum atomic E-state index is -0.880. The zero-order valence-corrected chi connectivity index (χ0v) is 13.0. The van der Waals surface area contributed by atoms with Crippen LogP contribution in [0.1, 0.15) is 25.5 Å². The molecule has 1 aromatic rings. The van der Waals surface area contributed by atoms with Crippen molar-refractivity contribution >= 4 is 10.8 Å². The maximum Gasteiger partial charge on any atom is 0.123 e. The van der Waals surface area contributed by atoms with Gasteiger partial charge in [0.1, 0.15) is 11.5 Å². The first-order valence-corrected chi connectivity index (χ1v) is 7.68. The van der Waals surface area contributed by atoms with Crippen LogP contribution in [0, 0.1) is 0 Å². The van der Waals surface area contributed by atoms with Crippen molar-refractivity contribution in [1.82, 2.24) is 5.32 Å². The molecule has 1 N–H and O–H groups in total. The van der Waals surface area contributed by atoms with E-state index in [9.17, 15) is 4.21 Å². The van der Waals surface area contributed by atoms with E-state index in [4.69, 9.17) is 9.47 Å². The van der Waals surface area contributed by atoms with Crippen molar-refractivity contribution in [1.29, 1.82) is 0 Å². The van der Waals surface area contributed by atoms with Crippen LogP contribution in [0.25, 0.3) is 0 Å². The Morgan fingerprint density at radius 1 is 1.26 bits per heavy atom. The summed E-state index contributed by atoms with van der Waals surface area (Å²) in [6, 6.07) is 5.64. The first-order chi connectivity index (χ1) is 9.03. The Bertz CT molecular complexity index is 435. The van der Waals surface area contributed by atoms with E-state index in [0.29, 0.717) is 5.75 Å². The van der Waals surface area contributed by atoms with Crippen LogP contribution < -0.4 is 14.8 Å². The fraction of sp³-hybridized carbons (Fsp3) is 0.571. The highest BCUT2D eigenvalue weighted by Crippen LogP contribution is 2.30. The molecule has 0 aliphatic heterocycles. The van der Waals surface area contributed by atoms with Gasteiger partial charge in [-0.3, -0.25) is 4.21 Å². The number of rotatable bonds is 7. The first-order valence-electron chi connectivity index (χ1n) is 6.29. The van der Waals surface area contributed by atoms with Gasteiger partial charge in [-0.25, -0.2) is 0 Å². The van der Waals surface area contributed by atoms with E-state index in [1.165, 1.54) is 0 Å². The standard InChI is InChI=1S/C14H23NO3S/c1-10(2)19(16)9-13(15-3)12-8-11(17-4)6-7-14(12)18-5/h6-8,10,13,15H,9H2,1-5H3. The largest absolute Gasteiger partial charge is 0.497 e. The lowest BCUT2D eigenvalue weighted by atomic mass is 10.1. The molecular formula is C14H23NO3S. The molecule has 19 heavy (non-hydrogen) atoms. The third-order valence-electron chi connectivity index (χ3n) is 3.02. The molecule has 0 saturated heterocycles. The Hall–Kier alpha value is -1.07. The molecule has 0 aliphatic rings. The van der Waals surface area contributed by atoms with Gasteiger partial charge in [0.15, 0.2) is 0 Å². The third kappa shape index (κ3) is 4.21. The number of methoxy groups -OCH3 is 2. The van der Waals surface area contributed by atoms with E-state index < -0.39 is 10.8 Å². The highest BCUT2D eigenvalue weighted by Gasteiger charge is 2.19. The van der Waals surface area contributed by atoms with Gasteiger partial charge in [-0.15, -0.1) is 0 Å². The number of nitrogens with one attached hydrogen (secondary N) is 1. The van der Waals surface area contributed by atoms with Crippen molar-refractivity contribution in [3.63, 3.8) is 0 Å². The Morgan fingerprint density at radius 2 is 1.95 bits per heavy atom. The fourth-order valence-electron chi connectivity index (χ4n) is 1.80. The van der Waals surface area contributed by atoms with Crippen molar-refractivity contribution in [3.8, 4) is 11.5 Å². The maximum absolute atomic E-state index is 12.0. The van der Waals surface area contributed by atoms with E-state index in [1.807, 2.05) is 39.1 Å². The molecule has 2 unspecified atom stereocenters. The van der Waals surface area contributed by atoms with Crippen molar-refractivity contribution in [2.45, 2.75) is 25.1 Å². The first kappa shape index (κ1) is 16.0. The topological polar surface area (TPSA) is 47.6 Å². The molecule has 0 aromatic heterocycles. The maximum atomic E-state index is 12.0. The van der Waals surface area contributed by atoms with Gasteiger partial charge in [-0.2, -0.15) is 0 Å². The van der Waals surface area contributed by atoms with Gasteiger partial charge < -0.3 is 14.8 Å². The lowest BCUT2D eigenvalue weighted by Crippen LogP contribution is -2.26. The molecule has 4 nitrogen and oxygen atoms in total. The summed E-state index contributed by atoms with van der Waals surface area (Å²) < 4.78 is 22.7. The summed E-state index contributed by atoms with van der Waals surface area (Å²) in [5.74, 6) is 2.10. The van der Waals surface area contributed by atoms with Gasteiger partial charge in [0, 0.05) is 33.4 Å². The van der Waals surface area contributed by atoms with Crippen LogP contribution in [0.15, 0.2) is 18.2 Å². The molecule has 0 saturated carbocycles. The molecular weight excluding hydrogens is 262 g/mol. The summed E-state index contributed by atoms with van der Waals surface area (Å²) in [7, 11) is 4.25. The molecule has 0 heterocycles. The van der Waals surface area contributed by atoms with E-state index in [2.05, 4.69) is 5.32 Å². The van der Waals surface area contributed by atoms with Crippen LogP contribution in [0.2, 0.25) is 0 Å². The summed E-state index contributed by atoms with van der Waals surface area (Å²) >= 11 is 0. The van der Waals surface area contributed by atoms with Crippen molar-refractivity contribution in [3.05, 3.63) is 23.8 Å². The van der Waals surface area contributed by atoms with Gasteiger partial charge in [0.25, 0.3) is 0 Å². The molecule has 0 amide bonds. The van der Waals surface area contributed by atoms with Gasteiger partial charge >= 0.3 is 0 Å². The zero-order chi connectivity index (χ0) is 14.4. The van der Waals surface area contributed by atoms with Gasteiger partial charge in [0.05, 0.1) is 14.2 Å². The van der Waals surface area contributed by atoms with Crippen LogP contribution in [0.3, 0.4) is 0 Å². The molecule has 108 valence electrons. The average Bonchev–Trinajstić information content (AvgIpc) is 2.43. The van der Waals surface area contributed by atoms with E-state index >= 15 is 0 Å². The number of hydrogen-bond donors (Lipinski definition) is 1. The minimum absolute atomic E-state index is 0.0201. The molecule has 0 radical (unpaired) electrons. The van der Waals surface area contributed by atoms with Crippen LogP contribution in [-0.4, -0.2) is 36.5 Å². The van der Waals surface area contributed by atoms with E-state index in [0.717, 1.165) is 17.1 Å². The van der Waals surface area contributed by atoms with Crippen LogP contribution in [-0.2, 0) is 10.8 Å². The van der Waals surface area contributed by atoms with Crippen molar-refractivity contribution < 1.29 is 13.7 Å². The summed E-state index contributed by atoms with van der Waals surface area (Å²) in [6.07, 6.45) is 0. The predicted octanol–water partition coefficient (Wildman–Crippen LogP) is 2.12. The quantitative estimate of drug-likeness (QED) is 0.833. The normalized spacial score (nSPS) is 14.2. The second kappa shape index (κ2) is 7.50. The summed E-state index contributed by atoms with van der Waals surface area (Å²) in [5.41, 5.74) is 0.971. The van der Waals surface area contributed by atoms with Gasteiger partial charge in [-0.05, 0) is 25.2 Å². The molecule has 5 heteroatoms. The number of ether oxygens (including phenoxy) is 2. The van der Waals surface area contributed by atoms with Crippen LogP contribution in [0.5, 0.6) is 11.5 Å². The SMILES string of the molecule is CNC(CS(=O)C(C)C)c1cc(OC)ccc1OC. The lowest BCUT2D eigenvalue weighted by molar-refractivity contribution is 0.394. The average molecular weight is 285 g/mol. The predicted molar refractivity (Wildman–Crippen MR) is 79.5 cm³/mol. The Kier molecular flexibility index (Phi) is 6.31. The summed E-state index contributed by atoms with van der Waals surface area (Å²) in [4.78, 5) is 0. The Balaban J connectivity index is 3.05. The fourth-order valence-corrected chi connectivity index (χ4v) is 2.86. The van der Waals surface area contributed by atoms with E-state index in [-0.39, 0.29) is 11.3 Å². The number of benzene rings is 1. The molecule has 0 fully saturated rings. The van der Waals surface area contributed by atoms with Crippen molar-refractivity contribution in [2.24, 2.45) is 0 Å². The smallest absolute Gasteiger partial charge is 0.123 e. The minimum Gasteiger partial charge on any atom is -0.497 e. The molecule has 0 spiro atoms. The van der Waals surface area contributed by atoms with E-state index in [1.54, 1.807) is 14.2 Å². The Morgan fingerprint density at radius 3 is 2.42 bits per heavy atom. The molecule has 0 aliphatic carbocycles. The number of hydrogen-bond acceptors (Lipinski definition) is 4. The molecule has 0 bridgehead atoms. The Labute approximate surface area is 118 Å². The highest BCUT2D eigenvalue weighted by atomic mass is 32.2. The second-order valence-electron chi connectivity index (χ2n) is 4.55. The zero-order valence-electron chi connectivity index (χ0n) is 12.2. The highest BCUT2D eigenvalue weighted by molar-refractivity contribution is 7.85. The molecule has 2 atom stereocenters. The lowest BCUT2D eigenvalue weighted by Gasteiger charge is -2.20. The van der Waals surface area contributed by atoms with Crippen LogP contribution in [0.4, 0.5) is 0 Å². The second-order valence-corrected chi connectivity index (χ2v) is 6.58. The van der Waals surface area contributed by atoms with Crippen molar-refractivity contribution in [2.75, 3.05) is 27.0 Å². The monoisotopic (exact) mass is 285 g/mol. The molecule has 1 aromatic carbocycles. The summed E-state index contributed by atoms with van der Waals surface area (Å²) in [5, 5.41) is 3.35. The third-order valence-corrected chi connectivity index (χ3v) is 4.73. The molecule has 1 rings (SSSR count). The van der Waals surface area contributed by atoms with Gasteiger partial charge in [0.2, 0.25) is 0 Å². The summed E-state index contributed by atoms with van der Waals surface area (Å²) in [6.45, 7) is 3.93.